The number of fused-ring (bicyclic) bond motifs is 2. The first-order valence-electron chi connectivity index (χ1n) is 7.86. The van der Waals surface area contributed by atoms with E-state index in [0.29, 0.717) is 17.9 Å². The van der Waals surface area contributed by atoms with Crippen molar-refractivity contribution >= 4 is 28.2 Å². The van der Waals surface area contributed by atoms with Crippen LogP contribution in [0.4, 0.5) is 4.79 Å². The number of carbonyl (C=O) groups is 3. The molecule has 3 aliphatic heterocycles. The summed E-state index contributed by atoms with van der Waals surface area (Å²) in [6.45, 7) is 0.826. The van der Waals surface area contributed by atoms with Gasteiger partial charge in [-0.1, -0.05) is 0 Å². The Morgan fingerprint density at radius 3 is 2.56 bits per heavy atom. The van der Waals surface area contributed by atoms with Crippen molar-refractivity contribution in [2.75, 3.05) is 13.1 Å². The Balaban J connectivity index is 1.57. The van der Waals surface area contributed by atoms with E-state index < -0.39 is 34.4 Å². The first kappa shape index (κ1) is 17.8. The highest BCUT2D eigenvalue weighted by molar-refractivity contribution is 7.80. The minimum absolute atomic E-state index is 0.0879. The molecule has 140 valence electrons. The molecule has 3 fully saturated rings. The molecule has 3 atom stereocenters. The maximum Gasteiger partial charge on any atom is 0.418 e. The molecule has 2 bridgehead atoms. The fourth-order valence-electron chi connectivity index (χ4n) is 3.31. The molecule has 4 N–H and O–H groups in total. The molecule has 12 nitrogen and oxygen atoms in total. The zero-order valence-electron chi connectivity index (χ0n) is 13.2. The molecule has 13 heteroatoms. The first-order valence-corrected chi connectivity index (χ1v) is 9.23. The van der Waals surface area contributed by atoms with Crippen LogP contribution in [0.3, 0.4) is 0 Å². The number of amides is 4. The number of hydrogen-bond acceptors (Lipinski definition) is 7. The van der Waals surface area contributed by atoms with E-state index in [1.54, 1.807) is 0 Å². The highest BCUT2D eigenvalue weighted by Gasteiger charge is 2.49. The number of hydrazine groups is 1. The van der Waals surface area contributed by atoms with E-state index in [-0.39, 0.29) is 24.9 Å². The van der Waals surface area contributed by atoms with Crippen LogP contribution in [-0.2, 0) is 24.3 Å². The van der Waals surface area contributed by atoms with Gasteiger partial charge in [-0.3, -0.25) is 25.0 Å². The summed E-state index contributed by atoms with van der Waals surface area (Å²) in [7, 11) is -4.83. The second kappa shape index (κ2) is 6.74. The van der Waals surface area contributed by atoms with E-state index in [0.717, 1.165) is 17.9 Å². The van der Waals surface area contributed by atoms with Gasteiger partial charge in [-0.05, 0) is 32.2 Å². The Hall–Kier alpha value is -1.96. The fourth-order valence-corrected chi connectivity index (χ4v) is 3.69. The topological polar surface area (TPSA) is 157 Å². The van der Waals surface area contributed by atoms with Crippen molar-refractivity contribution in [3.8, 4) is 0 Å². The van der Waals surface area contributed by atoms with Crippen LogP contribution in [0.5, 0.6) is 0 Å². The fraction of sp³-hybridized carbons (Fsp3) is 0.750. The third-order valence-corrected chi connectivity index (χ3v) is 4.83. The Kier molecular flexibility index (Phi) is 4.81. The van der Waals surface area contributed by atoms with Gasteiger partial charge < -0.3 is 10.2 Å². The number of hydroxylamine groups is 2. The van der Waals surface area contributed by atoms with Gasteiger partial charge in [0.1, 0.15) is 6.04 Å². The monoisotopic (exact) mass is 377 g/mol. The lowest BCUT2D eigenvalue weighted by Crippen LogP contribution is -2.56. The minimum Gasteiger partial charge on any atom is -0.309 e. The van der Waals surface area contributed by atoms with Crippen LogP contribution in [0.15, 0.2) is 0 Å². The van der Waals surface area contributed by atoms with Crippen LogP contribution in [-0.4, -0.2) is 72.0 Å². The first-order chi connectivity index (χ1) is 11.8. The van der Waals surface area contributed by atoms with E-state index in [2.05, 4.69) is 20.5 Å². The summed E-state index contributed by atoms with van der Waals surface area (Å²) >= 11 is 0. The Morgan fingerprint density at radius 1 is 1.20 bits per heavy atom. The van der Waals surface area contributed by atoms with Gasteiger partial charge in [0.15, 0.2) is 0 Å². The van der Waals surface area contributed by atoms with Crippen LogP contribution in [0, 0.1) is 0 Å². The summed E-state index contributed by atoms with van der Waals surface area (Å²) in [5.74, 6) is -0.935. The van der Waals surface area contributed by atoms with E-state index in [1.165, 1.54) is 0 Å². The Bertz CT molecular complexity index is 677. The normalized spacial score (nSPS) is 29.0. The second-order valence-electron chi connectivity index (χ2n) is 6.14. The maximum atomic E-state index is 12.3. The third kappa shape index (κ3) is 3.84. The van der Waals surface area contributed by atoms with E-state index in [9.17, 15) is 22.8 Å². The van der Waals surface area contributed by atoms with Gasteiger partial charge in [-0.2, -0.15) is 13.5 Å². The summed E-state index contributed by atoms with van der Waals surface area (Å²) < 4.78 is 34.7. The quantitative estimate of drug-likeness (QED) is 0.320. The smallest absolute Gasteiger partial charge is 0.309 e. The van der Waals surface area contributed by atoms with Crippen molar-refractivity contribution in [2.24, 2.45) is 0 Å². The Morgan fingerprint density at radius 2 is 1.92 bits per heavy atom. The van der Waals surface area contributed by atoms with Crippen LogP contribution in [0.2, 0.25) is 0 Å². The van der Waals surface area contributed by atoms with E-state index >= 15 is 0 Å². The molecular formula is C12H19N5O7S. The summed E-state index contributed by atoms with van der Waals surface area (Å²) in [4.78, 5) is 37.5. The lowest BCUT2D eigenvalue weighted by molar-refractivity contribution is -0.132. The van der Waals surface area contributed by atoms with Gasteiger partial charge in [0.05, 0.1) is 12.1 Å². The number of rotatable bonds is 4. The van der Waals surface area contributed by atoms with E-state index in [1.807, 2.05) is 0 Å². The number of hydrogen-bond donors (Lipinski definition) is 4. The number of nitrogens with one attached hydrogen (secondary N) is 3. The van der Waals surface area contributed by atoms with Gasteiger partial charge in [-0.25, -0.2) is 4.79 Å². The molecule has 0 aromatic carbocycles. The SMILES string of the molecule is O=C(NNC(=O)[C@H]1CC[C@H]2CN1C(=O)N2OS(=O)(=O)O)C1CCCN1. The molecule has 0 aromatic rings. The zero-order valence-corrected chi connectivity index (χ0v) is 14.0. The molecule has 4 amide bonds. The van der Waals surface area contributed by atoms with Gasteiger partial charge in [0.25, 0.3) is 11.8 Å². The number of carbonyl (C=O) groups excluding carboxylic acids is 3. The summed E-state index contributed by atoms with van der Waals surface area (Å²) in [5.41, 5.74) is 4.62. The molecule has 25 heavy (non-hydrogen) atoms. The van der Waals surface area contributed by atoms with Crippen LogP contribution >= 0.6 is 0 Å². The van der Waals surface area contributed by atoms with Crippen LogP contribution in [0.25, 0.3) is 0 Å². The molecule has 3 heterocycles. The molecular weight excluding hydrogens is 358 g/mol. The summed E-state index contributed by atoms with van der Waals surface area (Å²) in [5, 5.41) is 3.55. The van der Waals surface area contributed by atoms with Crippen molar-refractivity contribution in [1.82, 2.24) is 26.1 Å². The second-order valence-corrected chi connectivity index (χ2v) is 7.14. The lowest BCUT2D eigenvalue weighted by atomic mass is 10.0. The molecule has 0 spiro atoms. The third-order valence-electron chi connectivity index (χ3n) is 4.49. The van der Waals surface area contributed by atoms with Crippen molar-refractivity contribution in [2.45, 2.75) is 43.8 Å². The molecule has 0 aromatic heterocycles. The molecule has 3 aliphatic rings. The van der Waals surface area contributed by atoms with Crippen molar-refractivity contribution in [3.05, 3.63) is 0 Å². The number of urea groups is 1. The summed E-state index contributed by atoms with van der Waals surface area (Å²) in [6, 6.07) is -2.63. The maximum absolute atomic E-state index is 12.3. The molecule has 0 saturated carbocycles. The van der Waals surface area contributed by atoms with Crippen molar-refractivity contribution in [1.29, 1.82) is 0 Å². The average molecular weight is 377 g/mol. The van der Waals surface area contributed by atoms with Crippen molar-refractivity contribution in [3.63, 3.8) is 0 Å². The highest BCUT2D eigenvalue weighted by atomic mass is 32.3. The van der Waals surface area contributed by atoms with Crippen molar-refractivity contribution < 1.29 is 31.6 Å². The van der Waals surface area contributed by atoms with Gasteiger partial charge in [0.2, 0.25) is 0 Å². The lowest BCUT2D eigenvalue weighted by Gasteiger charge is -2.29. The predicted molar refractivity (Wildman–Crippen MR) is 80.7 cm³/mol. The standard InChI is InChI=1S/C12H19N5O7S/c18-10(8-2-1-5-13-8)14-15-11(19)9-4-3-7-6-16(9)12(20)17(7)24-25(21,22)23/h7-9,13H,1-6H2,(H,14,18)(H,15,19)(H,21,22,23)/t7-,8?,9+/m0/s1. The molecule has 0 aliphatic carbocycles. The predicted octanol–water partition coefficient (Wildman–Crippen LogP) is -2.11. The zero-order chi connectivity index (χ0) is 18.2. The highest BCUT2D eigenvalue weighted by Crippen LogP contribution is 2.30. The molecule has 3 rings (SSSR count). The van der Waals surface area contributed by atoms with Crippen LogP contribution < -0.4 is 16.2 Å². The average Bonchev–Trinajstić information content (AvgIpc) is 3.16. The minimum atomic E-state index is -4.83. The number of nitrogens with zero attached hydrogens (tertiary/aromatic N) is 2. The van der Waals surface area contributed by atoms with Crippen LogP contribution in [0.1, 0.15) is 25.7 Å². The largest absolute Gasteiger partial charge is 0.418 e. The van der Waals surface area contributed by atoms with Gasteiger partial charge in [-0.15, -0.1) is 4.28 Å². The Labute approximate surface area is 143 Å². The number of piperidine rings is 1. The molecule has 3 saturated heterocycles. The molecule has 0 radical (unpaired) electrons. The van der Waals surface area contributed by atoms with E-state index in [4.69, 9.17) is 4.55 Å². The summed E-state index contributed by atoms with van der Waals surface area (Å²) in [6.07, 6.45) is 2.14. The van der Waals surface area contributed by atoms with Gasteiger partial charge >= 0.3 is 16.4 Å². The molecule has 1 unspecified atom stereocenters. The van der Waals surface area contributed by atoms with Gasteiger partial charge in [0, 0.05) is 6.54 Å².